The van der Waals surface area contributed by atoms with Gasteiger partial charge in [-0.25, -0.2) is 4.39 Å². The molecule has 8 heteroatoms. The van der Waals surface area contributed by atoms with Crippen LogP contribution in [0.2, 0.25) is 10.0 Å². The van der Waals surface area contributed by atoms with Gasteiger partial charge in [-0.3, -0.25) is 4.79 Å². The van der Waals surface area contributed by atoms with E-state index in [0.29, 0.717) is 42.8 Å². The van der Waals surface area contributed by atoms with Crippen molar-refractivity contribution in [2.45, 2.75) is 0 Å². The molecule has 1 aliphatic heterocycles. The second-order valence-corrected chi connectivity index (χ2v) is 6.46. The van der Waals surface area contributed by atoms with Gasteiger partial charge in [0.2, 0.25) is 0 Å². The summed E-state index contributed by atoms with van der Waals surface area (Å²) in [6.07, 6.45) is 0. The summed E-state index contributed by atoms with van der Waals surface area (Å²) < 4.78 is 23.9. The fourth-order valence-electron chi connectivity index (χ4n) is 2.63. The number of nitrogens with zero attached hydrogens (tertiary/aromatic N) is 1. The number of amides is 1. The molecule has 1 heterocycles. The molecule has 138 valence electrons. The molecule has 0 aliphatic carbocycles. The number of rotatable bonds is 5. The maximum absolute atomic E-state index is 13.2. The van der Waals surface area contributed by atoms with Crippen molar-refractivity contribution in [3.05, 3.63) is 52.3 Å². The van der Waals surface area contributed by atoms with Gasteiger partial charge < -0.3 is 19.7 Å². The van der Waals surface area contributed by atoms with E-state index in [0.717, 1.165) is 5.69 Å². The van der Waals surface area contributed by atoms with Crippen molar-refractivity contribution in [3.8, 4) is 5.75 Å². The molecule has 2 aromatic carbocycles. The van der Waals surface area contributed by atoms with E-state index in [9.17, 15) is 9.18 Å². The van der Waals surface area contributed by atoms with Crippen molar-refractivity contribution < 1.29 is 18.7 Å². The van der Waals surface area contributed by atoms with Crippen LogP contribution in [0.3, 0.4) is 0 Å². The summed E-state index contributed by atoms with van der Waals surface area (Å²) in [5.41, 5.74) is 1.36. The van der Waals surface area contributed by atoms with Crippen LogP contribution < -0.4 is 15.0 Å². The van der Waals surface area contributed by atoms with Crippen LogP contribution in [0.5, 0.6) is 5.75 Å². The summed E-state index contributed by atoms with van der Waals surface area (Å²) in [7, 11) is 0. The molecular formula is C18H17Cl2FN2O3. The Hall–Kier alpha value is -2.02. The fourth-order valence-corrected chi connectivity index (χ4v) is 3.09. The van der Waals surface area contributed by atoms with Crippen LogP contribution in [0.4, 0.5) is 15.8 Å². The predicted octanol–water partition coefficient (Wildman–Crippen LogP) is 3.99. The molecule has 0 saturated carbocycles. The summed E-state index contributed by atoms with van der Waals surface area (Å²) in [5, 5.41) is 3.30. The molecule has 1 fully saturated rings. The van der Waals surface area contributed by atoms with E-state index in [4.69, 9.17) is 32.7 Å². The van der Waals surface area contributed by atoms with Crippen molar-refractivity contribution in [1.82, 2.24) is 0 Å². The normalized spacial score (nSPS) is 14.2. The third kappa shape index (κ3) is 4.58. The molecule has 5 nitrogen and oxygen atoms in total. The topological polar surface area (TPSA) is 50.8 Å². The maximum atomic E-state index is 13.2. The number of morpholine rings is 1. The standard InChI is InChI=1S/C18H17Cl2FN2O3/c19-13-2-1-3-16(18(13)23-6-8-25-9-7-23)22-17(24)11-26-12-4-5-15(21)14(20)10-12/h1-5,10H,6-9,11H2,(H,22,24). The number of hydrogen-bond acceptors (Lipinski definition) is 4. The molecule has 1 saturated heterocycles. The second-order valence-electron chi connectivity index (χ2n) is 5.65. The zero-order valence-electron chi connectivity index (χ0n) is 13.8. The van der Waals surface area contributed by atoms with Crippen LogP contribution in [0.1, 0.15) is 0 Å². The van der Waals surface area contributed by atoms with Gasteiger partial charge in [0.05, 0.1) is 34.6 Å². The number of hydrogen-bond donors (Lipinski definition) is 1. The molecule has 0 aromatic heterocycles. The van der Waals surface area contributed by atoms with Gasteiger partial charge in [-0.1, -0.05) is 29.3 Å². The first-order valence-electron chi connectivity index (χ1n) is 8.03. The Balaban J connectivity index is 1.67. The highest BCUT2D eigenvalue weighted by Crippen LogP contribution is 2.34. The molecule has 0 bridgehead atoms. The van der Waals surface area contributed by atoms with E-state index in [1.807, 2.05) is 0 Å². The highest BCUT2D eigenvalue weighted by atomic mass is 35.5. The van der Waals surface area contributed by atoms with Gasteiger partial charge in [0.15, 0.2) is 6.61 Å². The van der Waals surface area contributed by atoms with E-state index in [2.05, 4.69) is 10.2 Å². The van der Waals surface area contributed by atoms with Gasteiger partial charge in [0.25, 0.3) is 5.91 Å². The lowest BCUT2D eigenvalue weighted by Crippen LogP contribution is -2.37. The van der Waals surface area contributed by atoms with Crippen molar-refractivity contribution in [2.75, 3.05) is 43.1 Å². The van der Waals surface area contributed by atoms with Gasteiger partial charge in [-0.2, -0.15) is 0 Å². The summed E-state index contributed by atoms with van der Waals surface area (Å²) in [4.78, 5) is 14.3. The molecule has 3 rings (SSSR count). The molecular weight excluding hydrogens is 382 g/mol. The number of anilines is 2. The molecule has 0 radical (unpaired) electrons. The Morgan fingerprint density at radius 3 is 2.69 bits per heavy atom. The number of halogens is 3. The molecule has 2 aromatic rings. The van der Waals surface area contributed by atoms with E-state index in [-0.39, 0.29) is 17.5 Å². The highest BCUT2D eigenvalue weighted by Gasteiger charge is 2.19. The number of carbonyl (C=O) groups excluding carboxylic acids is 1. The smallest absolute Gasteiger partial charge is 0.262 e. The molecule has 0 spiro atoms. The van der Waals surface area contributed by atoms with Gasteiger partial charge in [-0.05, 0) is 24.3 Å². The Morgan fingerprint density at radius 1 is 1.19 bits per heavy atom. The summed E-state index contributed by atoms with van der Waals surface area (Å²) in [6, 6.07) is 9.24. The van der Waals surface area contributed by atoms with Gasteiger partial charge in [-0.15, -0.1) is 0 Å². The average molecular weight is 399 g/mol. The fraction of sp³-hybridized carbons (Fsp3) is 0.278. The molecule has 1 amide bonds. The van der Waals surface area contributed by atoms with E-state index in [1.165, 1.54) is 18.2 Å². The van der Waals surface area contributed by atoms with Crippen molar-refractivity contribution >= 4 is 40.5 Å². The Bertz CT molecular complexity index is 798. The van der Waals surface area contributed by atoms with Crippen molar-refractivity contribution in [3.63, 3.8) is 0 Å². The van der Waals surface area contributed by atoms with Gasteiger partial charge in [0, 0.05) is 19.2 Å². The molecule has 0 atom stereocenters. The Labute approximate surface area is 160 Å². The predicted molar refractivity (Wildman–Crippen MR) is 100 cm³/mol. The number of benzene rings is 2. The van der Waals surface area contributed by atoms with Crippen molar-refractivity contribution in [1.29, 1.82) is 0 Å². The quantitative estimate of drug-likeness (QED) is 0.827. The molecule has 26 heavy (non-hydrogen) atoms. The summed E-state index contributed by atoms with van der Waals surface area (Å²) in [6.45, 7) is 2.35. The lowest BCUT2D eigenvalue weighted by molar-refractivity contribution is -0.118. The molecule has 0 unspecified atom stereocenters. The van der Waals surface area contributed by atoms with Crippen LogP contribution >= 0.6 is 23.2 Å². The largest absolute Gasteiger partial charge is 0.484 e. The van der Waals surface area contributed by atoms with E-state index in [1.54, 1.807) is 18.2 Å². The minimum Gasteiger partial charge on any atom is -0.484 e. The minimum atomic E-state index is -0.544. The van der Waals surface area contributed by atoms with E-state index >= 15 is 0 Å². The number of nitrogens with one attached hydrogen (secondary N) is 1. The Kier molecular flexibility index (Phi) is 6.19. The summed E-state index contributed by atoms with van der Waals surface area (Å²) in [5.74, 6) is -0.592. The third-order valence-electron chi connectivity index (χ3n) is 3.85. The lowest BCUT2D eigenvalue weighted by Gasteiger charge is -2.31. The van der Waals surface area contributed by atoms with Crippen LogP contribution in [-0.4, -0.2) is 38.8 Å². The zero-order valence-corrected chi connectivity index (χ0v) is 15.3. The van der Waals surface area contributed by atoms with Crippen LogP contribution in [0.25, 0.3) is 0 Å². The highest BCUT2D eigenvalue weighted by molar-refractivity contribution is 6.34. The second kappa shape index (κ2) is 8.58. The molecule has 1 aliphatic rings. The Morgan fingerprint density at radius 2 is 1.96 bits per heavy atom. The number of ether oxygens (including phenoxy) is 2. The number of carbonyl (C=O) groups is 1. The summed E-state index contributed by atoms with van der Waals surface area (Å²) >= 11 is 12.0. The van der Waals surface area contributed by atoms with Gasteiger partial charge >= 0.3 is 0 Å². The van der Waals surface area contributed by atoms with Crippen molar-refractivity contribution in [2.24, 2.45) is 0 Å². The lowest BCUT2D eigenvalue weighted by atomic mass is 10.2. The monoisotopic (exact) mass is 398 g/mol. The third-order valence-corrected chi connectivity index (χ3v) is 4.44. The number of para-hydroxylation sites is 1. The molecule has 1 N–H and O–H groups in total. The van der Waals surface area contributed by atoms with E-state index < -0.39 is 5.82 Å². The van der Waals surface area contributed by atoms with Crippen LogP contribution in [0, 0.1) is 5.82 Å². The zero-order chi connectivity index (χ0) is 18.5. The first-order valence-corrected chi connectivity index (χ1v) is 8.79. The maximum Gasteiger partial charge on any atom is 0.262 e. The first-order chi connectivity index (χ1) is 12.5. The minimum absolute atomic E-state index is 0.0626. The van der Waals surface area contributed by atoms with Crippen LogP contribution in [0.15, 0.2) is 36.4 Å². The average Bonchev–Trinajstić information content (AvgIpc) is 2.63. The first kappa shape index (κ1) is 18.8. The SMILES string of the molecule is O=C(COc1ccc(F)c(Cl)c1)Nc1cccc(Cl)c1N1CCOCC1. The van der Waals surface area contributed by atoms with Gasteiger partial charge in [0.1, 0.15) is 11.6 Å². The van der Waals surface area contributed by atoms with Crippen LogP contribution in [-0.2, 0) is 9.53 Å².